The van der Waals surface area contributed by atoms with E-state index in [-0.39, 0.29) is 50.2 Å². The van der Waals surface area contributed by atoms with Crippen molar-refractivity contribution in [1.82, 2.24) is 0 Å². The van der Waals surface area contributed by atoms with Crippen molar-refractivity contribution in [2.75, 3.05) is 5.33 Å². The third-order valence-electron chi connectivity index (χ3n) is 1.77. The van der Waals surface area contributed by atoms with E-state index in [4.69, 9.17) is 0 Å². The van der Waals surface area contributed by atoms with Crippen molar-refractivity contribution in [2.45, 2.75) is 39.7 Å². The maximum absolute atomic E-state index is 9.61. The molecule has 0 aliphatic heterocycles. The maximum atomic E-state index is 9.61. The van der Waals surface area contributed by atoms with Crippen LogP contribution >= 0.6 is 15.9 Å². The van der Waals surface area contributed by atoms with Gasteiger partial charge in [-0.1, -0.05) is 46.2 Å². The number of hydrogen-bond donors (Lipinski definition) is 1. The zero-order valence-electron chi connectivity index (χ0n) is 9.26. The first kappa shape index (κ1) is 17.7. The fourth-order valence-electron chi connectivity index (χ4n) is 1.19. The van der Waals surface area contributed by atoms with E-state index in [2.05, 4.69) is 35.9 Å². The van der Waals surface area contributed by atoms with Crippen LogP contribution in [0.3, 0.4) is 0 Å². The van der Waals surface area contributed by atoms with E-state index >= 15 is 0 Å². The van der Waals surface area contributed by atoms with E-state index < -0.39 is 0 Å². The van der Waals surface area contributed by atoms with Crippen molar-refractivity contribution in [2.24, 2.45) is 0 Å². The molecule has 0 aliphatic carbocycles. The number of aliphatic hydroxyl groups is 1. The van der Waals surface area contributed by atoms with Crippen LogP contribution in [0, 0.1) is 44.1 Å². The Balaban J connectivity index is 0. The molecule has 0 aromatic carbocycles. The molecule has 0 aliphatic rings. The summed E-state index contributed by atoms with van der Waals surface area (Å²) in [6.45, 7) is 6.18. The second kappa shape index (κ2) is 10.9. The molecule has 0 saturated carbocycles. The summed E-state index contributed by atoms with van der Waals surface area (Å²) in [6, 6.07) is 0. The second-order valence-corrected chi connectivity index (χ2v) is 3.94. The van der Waals surface area contributed by atoms with Crippen LogP contribution in [-0.2, 0) is 0 Å². The summed E-state index contributed by atoms with van der Waals surface area (Å²) in [6.07, 6.45) is 5.51. The van der Waals surface area contributed by atoms with Gasteiger partial charge in [-0.2, -0.15) is 0 Å². The molecule has 0 rings (SSSR count). The predicted molar refractivity (Wildman–Crippen MR) is 62.2 cm³/mol. The molecule has 14 heavy (non-hydrogen) atoms. The first-order valence-corrected chi connectivity index (χ1v) is 5.79. The summed E-state index contributed by atoms with van der Waals surface area (Å²) in [5, 5.41) is 10.4. The maximum Gasteiger partial charge on any atom is 0.0760 e. The van der Waals surface area contributed by atoms with E-state index in [0.29, 0.717) is 0 Å². The van der Waals surface area contributed by atoms with Crippen molar-refractivity contribution >= 4 is 15.9 Å². The minimum absolute atomic E-state index is 0. The Bertz CT molecular complexity index is 199. The topological polar surface area (TPSA) is 20.2 Å². The number of rotatable bonds is 5. The molecule has 3 heteroatoms. The van der Waals surface area contributed by atoms with Gasteiger partial charge < -0.3 is 5.11 Å². The van der Waals surface area contributed by atoms with Crippen LogP contribution < -0.4 is 0 Å². The first-order chi connectivity index (χ1) is 6.10. The first-order valence-electron chi connectivity index (χ1n) is 4.67. The SMILES string of the molecule is CC/C=C(\C)CC(O)/C=C(\C)CBr.[Ac]. The number of hydrogen-bond acceptors (Lipinski definition) is 1. The van der Waals surface area contributed by atoms with Crippen molar-refractivity contribution < 1.29 is 49.2 Å². The number of allylic oxidation sites excluding steroid dienone is 2. The van der Waals surface area contributed by atoms with E-state index in [1.54, 1.807) is 0 Å². The standard InChI is InChI=1S/C11H19BrO.Ac/c1-4-5-9(2)6-11(13)7-10(3)8-12;/h5,7,11,13H,4,6,8H2,1-3H3;/b9-5+,10-7+;. The quantitative estimate of drug-likeness (QED) is 0.479. The Labute approximate surface area is 132 Å². The summed E-state index contributed by atoms with van der Waals surface area (Å²) < 4.78 is 0. The largest absolute Gasteiger partial charge is 0.389 e. The molecule has 0 amide bonds. The van der Waals surface area contributed by atoms with Gasteiger partial charge in [0.25, 0.3) is 0 Å². The van der Waals surface area contributed by atoms with Gasteiger partial charge in [-0.15, -0.1) is 0 Å². The van der Waals surface area contributed by atoms with Gasteiger partial charge in [-0.3, -0.25) is 0 Å². The van der Waals surface area contributed by atoms with Crippen LogP contribution in [0.25, 0.3) is 0 Å². The van der Waals surface area contributed by atoms with E-state index in [1.165, 1.54) is 11.1 Å². The van der Waals surface area contributed by atoms with E-state index in [0.717, 1.165) is 18.2 Å². The molecule has 0 bridgehead atoms. The second-order valence-electron chi connectivity index (χ2n) is 3.38. The Morgan fingerprint density at radius 3 is 2.36 bits per heavy atom. The summed E-state index contributed by atoms with van der Waals surface area (Å²) >= 11 is 3.35. The zero-order chi connectivity index (χ0) is 10.3. The Morgan fingerprint density at radius 2 is 1.93 bits per heavy atom. The molecule has 1 N–H and O–H groups in total. The number of aliphatic hydroxyl groups excluding tert-OH is 1. The van der Waals surface area contributed by atoms with Crippen molar-refractivity contribution in [3.8, 4) is 0 Å². The molecule has 0 saturated heterocycles. The Morgan fingerprint density at radius 1 is 1.36 bits per heavy atom. The molecule has 1 atom stereocenters. The van der Waals surface area contributed by atoms with Crippen molar-refractivity contribution in [3.05, 3.63) is 23.3 Å². The average molecular weight is 474 g/mol. The van der Waals surface area contributed by atoms with Crippen LogP contribution in [0.5, 0.6) is 0 Å². The van der Waals surface area contributed by atoms with Gasteiger partial charge >= 0.3 is 0 Å². The molecule has 0 heterocycles. The third kappa shape index (κ3) is 9.90. The molecule has 1 nitrogen and oxygen atoms in total. The number of halogens is 1. The van der Waals surface area contributed by atoms with Gasteiger partial charge in [0.1, 0.15) is 0 Å². The van der Waals surface area contributed by atoms with Crippen LogP contribution in [0.15, 0.2) is 23.3 Å². The van der Waals surface area contributed by atoms with Crippen LogP contribution in [0.2, 0.25) is 0 Å². The molecule has 1 unspecified atom stereocenters. The Hall–Kier alpha value is 1.36. The van der Waals surface area contributed by atoms with E-state index in [9.17, 15) is 5.11 Å². The summed E-state index contributed by atoms with van der Waals surface area (Å²) in [5.74, 6) is 0. The third-order valence-corrected chi connectivity index (χ3v) is 2.66. The molecule has 1 radical (unpaired) electrons. The molecular formula is C11H19AcBrO. The van der Waals surface area contributed by atoms with Gasteiger partial charge in [0, 0.05) is 49.4 Å². The van der Waals surface area contributed by atoms with Gasteiger partial charge in [0.15, 0.2) is 0 Å². The predicted octanol–water partition coefficient (Wildman–Crippen LogP) is 3.43. The van der Waals surface area contributed by atoms with Crippen molar-refractivity contribution in [1.29, 1.82) is 0 Å². The summed E-state index contributed by atoms with van der Waals surface area (Å²) in [7, 11) is 0. The van der Waals surface area contributed by atoms with Crippen LogP contribution in [0.1, 0.15) is 33.6 Å². The monoisotopic (exact) mass is 473 g/mol. The molecule has 0 fully saturated rings. The van der Waals surface area contributed by atoms with Gasteiger partial charge in [0.05, 0.1) is 6.10 Å². The number of alkyl halides is 1. The normalized spacial score (nSPS) is 14.9. The van der Waals surface area contributed by atoms with Gasteiger partial charge in [0.2, 0.25) is 0 Å². The van der Waals surface area contributed by atoms with Crippen LogP contribution in [0.4, 0.5) is 0 Å². The molecule has 0 spiro atoms. The van der Waals surface area contributed by atoms with Crippen molar-refractivity contribution in [3.63, 3.8) is 0 Å². The minimum Gasteiger partial charge on any atom is -0.389 e. The fraction of sp³-hybridized carbons (Fsp3) is 0.636. The van der Waals surface area contributed by atoms with Crippen LogP contribution in [-0.4, -0.2) is 16.5 Å². The fourth-order valence-corrected chi connectivity index (χ4v) is 1.38. The smallest absolute Gasteiger partial charge is 0.0760 e. The summed E-state index contributed by atoms with van der Waals surface area (Å²) in [5.41, 5.74) is 2.44. The Kier molecular flexibility index (Phi) is 13.8. The minimum atomic E-state index is -0.333. The molecular weight excluding hydrogens is 455 g/mol. The molecule has 79 valence electrons. The van der Waals surface area contributed by atoms with Gasteiger partial charge in [-0.05, 0) is 26.7 Å². The van der Waals surface area contributed by atoms with Gasteiger partial charge in [-0.25, -0.2) is 0 Å². The molecule has 0 aromatic rings. The summed E-state index contributed by atoms with van der Waals surface area (Å²) in [4.78, 5) is 0. The van der Waals surface area contributed by atoms with E-state index in [1.807, 2.05) is 13.0 Å². The molecule has 0 aromatic heterocycles. The average Bonchev–Trinajstić information content (AvgIpc) is 2.04. The zero-order valence-corrected chi connectivity index (χ0v) is 15.6.